The maximum absolute atomic E-state index is 13.2. The van der Waals surface area contributed by atoms with Crippen molar-refractivity contribution < 1.29 is 24.0 Å². The fraction of sp³-hybridized carbons (Fsp3) is 0.396. The van der Waals surface area contributed by atoms with Crippen molar-refractivity contribution in [2.45, 2.75) is 172 Å². The molecule has 8 aromatic rings. The van der Waals surface area contributed by atoms with Crippen molar-refractivity contribution in [1.82, 2.24) is 40.0 Å². The van der Waals surface area contributed by atoms with Crippen LogP contribution in [0.3, 0.4) is 0 Å². The van der Waals surface area contributed by atoms with Gasteiger partial charge in [-0.2, -0.15) is 0 Å². The predicted molar refractivity (Wildman–Crippen MR) is 470 cm³/mol. The third kappa shape index (κ3) is 29.2. The number of aryl methyl sites for hydroxylation is 2. The van der Waals surface area contributed by atoms with Crippen LogP contribution in [0.4, 0.5) is 0 Å². The van der Waals surface area contributed by atoms with Crippen LogP contribution in [0.1, 0.15) is 207 Å². The first-order chi connectivity index (χ1) is 53.9. The van der Waals surface area contributed by atoms with Crippen LogP contribution in [0, 0.1) is 13.8 Å². The van der Waals surface area contributed by atoms with Gasteiger partial charge in [0, 0.05) is 119 Å². The van der Waals surface area contributed by atoms with E-state index < -0.39 is 5.24 Å². The van der Waals surface area contributed by atoms with E-state index in [9.17, 15) is 24.0 Å². The molecule has 7 aliphatic heterocycles. The number of carbonyl (C=O) groups excluding carboxylic acids is 5. The van der Waals surface area contributed by atoms with Crippen molar-refractivity contribution in [3.63, 3.8) is 0 Å². The zero-order valence-corrected chi connectivity index (χ0v) is 69.7. The topological polar surface area (TPSA) is 167 Å². The van der Waals surface area contributed by atoms with Crippen LogP contribution < -0.4 is 16.4 Å². The van der Waals surface area contributed by atoms with E-state index in [1.54, 1.807) is 12.1 Å². The van der Waals surface area contributed by atoms with Crippen LogP contribution in [-0.2, 0) is 42.1 Å². The number of nitrogens with one attached hydrogen (secondary N) is 2. The Kier molecular flexibility index (Phi) is 43.9. The molecule has 0 aromatic heterocycles. The maximum Gasteiger partial charge on any atom is 0.258 e. The molecule has 3 amide bonds. The lowest BCUT2D eigenvalue weighted by atomic mass is 9.82. The summed E-state index contributed by atoms with van der Waals surface area (Å²) < 4.78 is 0. The second kappa shape index (κ2) is 51.8. The third-order valence-electron chi connectivity index (χ3n) is 19.8. The molecular formula is C96H131ClN10O5. The van der Waals surface area contributed by atoms with Gasteiger partial charge in [-0.25, -0.2) is 0 Å². The predicted octanol–water partition coefficient (Wildman–Crippen LogP) is 19.5. The number of nitrogens with two attached hydrogens (primary N) is 1. The average molecular weight is 1540 g/mol. The monoisotopic (exact) mass is 1540 g/mol. The first-order valence-electron chi connectivity index (χ1n) is 40.2. The first kappa shape index (κ1) is 94.8. The quantitative estimate of drug-likeness (QED) is 0.112. The van der Waals surface area contributed by atoms with Gasteiger partial charge in [0.05, 0.1) is 24.2 Å². The fourth-order valence-electron chi connectivity index (χ4n) is 13.6. The Balaban J connectivity index is 0.000000280. The van der Waals surface area contributed by atoms with E-state index in [0.717, 1.165) is 161 Å². The Hall–Kier alpha value is -9.61. The number of Topliss-reactive ketones (excluding diaryl/α,β-unsaturated/α-hetero) is 1. The molecule has 602 valence electrons. The van der Waals surface area contributed by atoms with Gasteiger partial charge in [0.1, 0.15) is 5.78 Å². The summed E-state index contributed by atoms with van der Waals surface area (Å²) in [6, 6.07) is 71.9. The Labute approximate surface area is 678 Å². The Morgan fingerprint density at radius 2 is 0.973 bits per heavy atom. The number of hydrogen-bond donors (Lipinski definition) is 3. The summed E-state index contributed by atoms with van der Waals surface area (Å²) in [5, 5.41) is 6.10. The number of benzene rings is 8. The second-order valence-electron chi connectivity index (χ2n) is 27.4. The van der Waals surface area contributed by atoms with Gasteiger partial charge >= 0.3 is 0 Å². The summed E-state index contributed by atoms with van der Waals surface area (Å²) in [7, 11) is 8.37. The normalized spacial score (nSPS) is 16.5. The molecule has 1 unspecified atom stereocenters. The number of rotatable bonds is 10. The minimum atomic E-state index is -0.391. The largest absolute Gasteiger partial charge is 0.380 e. The number of allylic oxidation sites excluding steroid dienone is 1. The molecule has 2 spiro atoms. The zero-order valence-electron chi connectivity index (χ0n) is 69.0. The van der Waals surface area contributed by atoms with E-state index in [1.165, 1.54) is 28.0 Å². The molecule has 0 aliphatic carbocycles. The van der Waals surface area contributed by atoms with Gasteiger partial charge in [0.15, 0.2) is 0 Å². The Bertz CT molecular complexity index is 4130. The molecule has 0 radical (unpaired) electrons. The van der Waals surface area contributed by atoms with Crippen molar-refractivity contribution in [3.05, 3.63) is 309 Å². The molecule has 0 bridgehead atoms. The van der Waals surface area contributed by atoms with E-state index in [1.807, 2.05) is 232 Å². The first-order valence-corrected chi connectivity index (χ1v) is 40.6. The van der Waals surface area contributed by atoms with E-state index in [-0.39, 0.29) is 36.2 Å². The van der Waals surface area contributed by atoms with Gasteiger partial charge in [0.2, 0.25) is 0 Å². The minimum absolute atomic E-state index is 0. The lowest BCUT2D eigenvalue weighted by Crippen LogP contribution is -2.47. The number of nitrogens with zero attached hydrogens (tertiary/aromatic N) is 7. The Morgan fingerprint density at radius 1 is 0.509 bits per heavy atom. The molecule has 8 aromatic carbocycles. The molecule has 7 aliphatic rings. The van der Waals surface area contributed by atoms with Gasteiger partial charge in [-0.3, -0.25) is 29.0 Å². The molecule has 16 heteroatoms. The lowest BCUT2D eigenvalue weighted by Gasteiger charge is -2.41. The summed E-state index contributed by atoms with van der Waals surface area (Å²) >= 11 is 5.27. The highest BCUT2D eigenvalue weighted by atomic mass is 35.5. The molecule has 15 nitrogen and oxygen atoms in total. The molecule has 112 heavy (non-hydrogen) atoms. The van der Waals surface area contributed by atoms with Crippen molar-refractivity contribution in [2.24, 2.45) is 10.7 Å². The number of carbonyl (C=O) groups is 5. The molecule has 1 atom stereocenters. The molecule has 3 fully saturated rings. The number of aliphatic imine (C=N–C) groups is 1. The number of fused-ring (bicyclic) bond motifs is 4. The standard InChI is InChI=1S/C21H24N2O.C20H20N2O.C13H18N2.C12H14N2O.C8H7ClO.C7H9N.C6H11NO.4C2H6.CH4/c1-17-9-6-7-13-20(17)21(24)23(15-18-10-4-3-5-11-18)19-12-8-14-22(2)16-19;1-21-13-11-20(12-14-21)18-10-6-5-9-17(18)19(23)22(20)15-16-7-3-2-4-8-16;1-15-9-7-13(8-10-15)14-11-12-5-3-2-4-6-12;15-11-9-3-1-2-4-10(9)12(14-11)5-7-13-8-6-12;1-6-4-2-3-5-7(6)8(9)10;8-6-7-4-2-1-3-5-7;1-7-4-2-6(8)3-5-7;4*1-2;/h3-7,9-11,13,16H,8,12,14-15H2,1-2H3;2-11,13H,12,14-15H2,1H3;2-6H,7-11H2,1H3;1-4,13H,5-8H2,(H,14,15);2-5H,1H3;1-5H,6,8H2;2-5H2,1H3;4*1-2H3;1H4. The number of halogens is 1. The molecule has 4 N–H and O–H groups in total. The van der Waals surface area contributed by atoms with E-state index >= 15 is 0 Å². The van der Waals surface area contributed by atoms with Gasteiger partial charge in [-0.05, 0) is 179 Å². The molecule has 7 heterocycles. The van der Waals surface area contributed by atoms with Gasteiger partial charge in [-0.15, -0.1) is 0 Å². The van der Waals surface area contributed by atoms with Gasteiger partial charge < -0.3 is 45.8 Å². The summed E-state index contributed by atoms with van der Waals surface area (Å²) in [5.41, 5.74) is 19.6. The molecule has 0 saturated carbocycles. The summed E-state index contributed by atoms with van der Waals surface area (Å²) in [6.45, 7) is 30.8. The van der Waals surface area contributed by atoms with Gasteiger partial charge in [0.25, 0.3) is 23.0 Å². The van der Waals surface area contributed by atoms with E-state index in [0.29, 0.717) is 31.0 Å². The maximum atomic E-state index is 13.2. The number of likely N-dealkylation sites (tertiary alicyclic amines) is 2. The summed E-state index contributed by atoms with van der Waals surface area (Å²) in [6.07, 6.45) is 15.2. The van der Waals surface area contributed by atoms with Crippen LogP contribution in [0.2, 0.25) is 0 Å². The van der Waals surface area contributed by atoms with Crippen LogP contribution in [0.15, 0.2) is 248 Å². The van der Waals surface area contributed by atoms with Crippen LogP contribution in [-0.4, -0.2) is 144 Å². The van der Waals surface area contributed by atoms with Gasteiger partial charge in [-0.1, -0.05) is 257 Å². The van der Waals surface area contributed by atoms with Crippen LogP contribution in [0.5, 0.6) is 0 Å². The second-order valence-corrected chi connectivity index (χ2v) is 27.8. The average Bonchev–Trinajstić information content (AvgIpc) is 1.57. The molecule has 3 saturated heterocycles. The van der Waals surface area contributed by atoms with E-state index in [2.05, 4.69) is 136 Å². The summed E-state index contributed by atoms with van der Waals surface area (Å²) in [4.78, 5) is 76.8. The lowest BCUT2D eigenvalue weighted by molar-refractivity contribution is -0.121. The number of ketones is 1. The fourth-order valence-corrected chi connectivity index (χ4v) is 13.8. The number of piperidine rings is 3. The van der Waals surface area contributed by atoms with Crippen molar-refractivity contribution in [1.29, 1.82) is 0 Å². The highest BCUT2D eigenvalue weighted by molar-refractivity contribution is 6.67. The smallest absolute Gasteiger partial charge is 0.258 e. The van der Waals surface area contributed by atoms with Crippen molar-refractivity contribution >= 4 is 46.1 Å². The SMILES string of the molecule is C.CC.CC.CC.CC.CN1C=CC2(CC1)c1ccccc1C(=O)N2Cc1ccccc1.CN1CCC(=NCc2ccccc2)CC1.CN1CCC(=O)CC1.Cc1ccccc1C(=O)Cl.Cc1ccccc1C(=O)N(Cc1ccccc1)C1=CN(C)CCC1.NCc1ccccc1.O=C1NC2(CCNCC2)c2ccccc21. The number of amides is 3. The van der Waals surface area contributed by atoms with Crippen LogP contribution >= 0.6 is 11.6 Å². The third-order valence-corrected chi connectivity index (χ3v) is 20.0. The van der Waals surface area contributed by atoms with E-state index in [4.69, 9.17) is 17.3 Å². The molecule has 15 rings (SSSR count). The Morgan fingerprint density at radius 3 is 1.46 bits per heavy atom. The minimum Gasteiger partial charge on any atom is -0.380 e. The summed E-state index contributed by atoms with van der Waals surface area (Å²) in [5.74, 6) is 0.729. The van der Waals surface area contributed by atoms with Crippen molar-refractivity contribution in [3.8, 4) is 0 Å². The van der Waals surface area contributed by atoms with Crippen LogP contribution in [0.25, 0.3) is 0 Å². The number of hydrogen-bond acceptors (Lipinski definition) is 12. The zero-order chi connectivity index (χ0) is 81.0. The highest BCUT2D eigenvalue weighted by Crippen LogP contribution is 2.45. The van der Waals surface area contributed by atoms with Crippen molar-refractivity contribution in [2.75, 3.05) is 80.5 Å². The highest BCUT2D eigenvalue weighted by Gasteiger charge is 2.49. The molecular weight excluding hydrogens is 1410 g/mol.